The Morgan fingerprint density at radius 3 is 2.56 bits per heavy atom. The monoisotopic (exact) mass is 379 g/mol. The van der Waals surface area contributed by atoms with Gasteiger partial charge >= 0.3 is 6.03 Å². The predicted octanol–water partition coefficient (Wildman–Crippen LogP) is 4.36. The highest BCUT2D eigenvalue weighted by Crippen LogP contribution is 2.29. The molecule has 0 atom stereocenters. The van der Waals surface area contributed by atoms with Gasteiger partial charge < -0.3 is 19.9 Å². The van der Waals surface area contributed by atoms with E-state index in [9.17, 15) is 4.79 Å². The average molecular weight is 380 g/mol. The Hall–Kier alpha value is -2.11. The average Bonchev–Trinajstić information content (AvgIpc) is 2.64. The predicted molar refractivity (Wildman–Crippen MR) is 102 cm³/mol. The van der Waals surface area contributed by atoms with Crippen molar-refractivity contribution in [2.45, 2.75) is 0 Å². The number of hydrogen-bond donors (Lipinski definition) is 1. The molecule has 0 aromatic heterocycles. The molecule has 3 rings (SSSR count). The molecule has 1 fully saturated rings. The van der Waals surface area contributed by atoms with Crippen LogP contribution in [0.2, 0.25) is 10.0 Å². The Morgan fingerprint density at radius 2 is 1.84 bits per heavy atom. The van der Waals surface area contributed by atoms with Crippen molar-refractivity contribution in [3.63, 3.8) is 0 Å². The molecular weight excluding hydrogens is 361 g/mol. The maximum Gasteiger partial charge on any atom is 0.321 e. The van der Waals surface area contributed by atoms with Gasteiger partial charge in [-0.25, -0.2) is 4.79 Å². The Balaban J connectivity index is 1.60. The number of ether oxygens (including phenoxy) is 1. The quantitative estimate of drug-likeness (QED) is 0.861. The number of methoxy groups -OCH3 is 1. The van der Waals surface area contributed by atoms with Crippen LogP contribution in [0, 0.1) is 0 Å². The third kappa shape index (κ3) is 4.30. The van der Waals surface area contributed by atoms with Crippen LogP contribution in [0.15, 0.2) is 42.5 Å². The molecule has 1 heterocycles. The van der Waals surface area contributed by atoms with Gasteiger partial charge in [-0.2, -0.15) is 0 Å². The molecule has 7 heteroatoms. The van der Waals surface area contributed by atoms with Crippen molar-refractivity contribution in [1.29, 1.82) is 0 Å². The summed E-state index contributed by atoms with van der Waals surface area (Å²) in [5, 5.41) is 4.22. The number of nitrogens with zero attached hydrogens (tertiary/aromatic N) is 2. The van der Waals surface area contributed by atoms with Crippen LogP contribution in [0.1, 0.15) is 0 Å². The molecule has 2 aromatic rings. The van der Waals surface area contributed by atoms with Gasteiger partial charge in [-0.3, -0.25) is 0 Å². The topological polar surface area (TPSA) is 44.8 Å². The van der Waals surface area contributed by atoms with Crippen LogP contribution < -0.4 is 15.0 Å². The van der Waals surface area contributed by atoms with Crippen molar-refractivity contribution in [1.82, 2.24) is 4.90 Å². The van der Waals surface area contributed by atoms with E-state index in [0.29, 0.717) is 47.7 Å². The van der Waals surface area contributed by atoms with Crippen molar-refractivity contribution >= 4 is 40.6 Å². The molecule has 2 aromatic carbocycles. The third-order valence-corrected chi connectivity index (χ3v) is 4.69. The summed E-state index contributed by atoms with van der Waals surface area (Å²) in [6.07, 6.45) is 0. The third-order valence-electron chi connectivity index (χ3n) is 4.14. The SMILES string of the molecule is COc1cccc(NC(=O)N2CCN(c3cc(Cl)ccc3Cl)CC2)c1. The van der Waals surface area contributed by atoms with Crippen LogP contribution >= 0.6 is 23.2 Å². The van der Waals surface area contributed by atoms with Crippen LogP contribution in [-0.2, 0) is 0 Å². The highest BCUT2D eigenvalue weighted by Gasteiger charge is 2.22. The van der Waals surface area contributed by atoms with Crippen molar-refractivity contribution in [3.8, 4) is 5.75 Å². The number of anilines is 2. The van der Waals surface area contributed by atoms with Gasteiger partial charge in [-0.15, -0.1) is 0 Å². The van der Waals surface area contributed by atoms with Gasteiger partial charge in [0, 0.05) is 43.0 Å². The summed E-state index contributed by atoms with van der Waals surface area (Å²) in [5.74, 6) is 0.707. The van der Waals surface area contributed by atoms with Gasteiger partial charge in [0.1, 0.15) is 5.75 Å². The lowest BCUT2D eigenvalue weighted by Gasteiger charge is -2.36. The number of benzene rings is 2. The minimum absolute atomic E-state index is 0.120. The van der Waals surface area contributed by atoms with Crippen LogP contribution in [0.4, 0.5) is 16.2 Å². The molecule has 132 valence electrons. The van der Waals surface area contributed by atoms with E-state index in [1.165, 1.54) is 0 Å². The van der Waals surface area contributed by atoms with E-state index < -0.39 is 0 Å². The van der Waals surface area contributed by atoms with Crippen molar-refractivity contribution in [2.75, 3.05) is 43.5 Å². The van der Waals surface area contributed by atoms with Crippen LogP contribution in [0.3, 0.4) is 0 Å². The smallest absolute Gasteiger partial charge is 0.321 e. The highest BCUT2D eigenvalue weighted by molar-refractivity contribution is 6.35. The summed E-state index contributed by atoms with van der Waals surface area (Å²) >= 11 is 12.3. The first-order valence-corrected chi connectivity index (χ1v) is 8.72. The van der Waals surface area contributed by atoms with Crippen LogP contribution in [-0.4, -0.2) is 44.2 Å². The molecule has 0 unspecified atom stereocenters. The minimum atomic E-state index is -0.120. The molecule has 0 radical (unpaired) electrons. The van der Waals surface area contributed by atoms with Crippen molar-refractivity contribution < 1.29 is 9.53 Å². The molecule has 1 aliphatic rings. The van der Waals surface area contributed by atoms with E-state index in [2.05, 4.69) is 10.2 Å². The van der Waals surface area contributed by atoms with Gasteiger partial charge in [-0.1, -0.05) is 29.3 Å². The Labute approximate surface area is 157 Å². The fourth-order valence-electron chi connectivity index (χ4n) is 2.78. The van der Waals surface area contributed by atoms with Gasteiger partial charge in [0.15, 0.2) is 0 Å². The first-order chi connectivity index (χ1) is 12.1. The summed E-state index contributed by atoms with van der Waals surface area (Å²) in [6.45, 7) is 2.62. The van der Waals surface area contributed by atoms with Crippen molar-refractivity contribution in [2.24, 2.45) is 0 Å². The lowest BCUT2D eigenvalue weighted by molar-refractivity contribution is 0.208. The molecule has 0 spiro atoms. The van der Waals surface area contributed by atoms with E-state index in [1.54, 1.807) is 30.2 Å². The van der Waals surface area contributed by atoms with Gasteiger partial charge in [-0.05, 0) is 30.3 Å². The summed E-state index contributed by atoms with van der Waals surface area (Å²) in [6, 6.07) is 12.6. The first kappa shape index (κ1) is 17.7. The Morgan fingerprint density at radius 1 is 1.08 bits per heavy atom. The lowest BCUT2D eigenvalue weighted by atomic mass is 10.2. The number of nitrogens with one attached hydrogen (secondary N) is 1. The highest BCUT2D eigenvalue weighted by atomic mass is 35.5. The van der Waals surface area contributed by atoms with E-state index in [0.717, 1.165) is 5.69 Å². The molecule has 5 nitrogen and oxygen atoms in total. The zero-order chi connectivity index (χ0) is 17.8. The van der Waals surface area contributed by atoms with Crippen molar-refractivity contribution in [3.05, 3.63) is 52.5 Å². The Bertz CT molecular complexity index is 762. The fourth-order valence-corrected chi connectivity index (χ4v) is 3.19. The number of amides is 2. The molecule has 0 saturated carbocycles. The number of carbonyl (C=O) groups excluding carboxylic acids is 1. The normalized spacial score (nSPS) is 14.4. The van der Waals surface area contributed by atoms with Gasteiger partial charge in [0.2, 0.25) is 0 Å². The number of urea groups is 1. The molecule has 0 bridgehead atoms. The lowest BCUT2D eigenvalue weighted by Crippen LogP contribution is -2.50. The molecular formula is C18H19Cl2N3O2. The first-order valence-electron chi connectivity index (χ1n) is 7.97. The number of hydrogen-bond acceptors (Lipinski definition) is 3. The second-order valence-corrected chi connectivity index (χ2v) is 6.58. The molecule has 2 amide bonds. The van der Waals surface area contributed by atoms with Crippen LogP contribution in [0.25, 0.3) is 0 Å². The maximum absolute atomic E-state index is 12.4. The molecule has 1 saturated heterocycles. The summed E-state index contributed by atoms with van der Waals surface area (Å²) in [7, 11) is 1.60. The van der Waals surface area contributed by atoms with E-state index in [4.69, 9.17) is 27.9 Å². The van der Waals surface area contributed by atoms with E-state index in [-0.39, 0.29) is 6.03 Å². The molecule has 25 heavy (non-hydrogen) atoms. The largest absolute Gasteiger partial charge is 0.497 e. The minimum Gasteiger partial charge on any atom is -0.497 e. The van der Waals surface area contributed by atoms with Crippen LogP contribution in [0.5, 0.6) is 5.75 Å². The summed E-state index contributed by atoms with van der Waals surface area (Å²) in [5.41, 5.74) is 1.62. The molecule has 0 aliphatic carbocycles. The summed E-state index contributed by atoms with van der Waals surface area (Å²) in [4.78, 5) is 16.4. The zero-order valence-corrected chi connectivity index (χ0v) is 15.3. The number of rotatable bonds is 3. The van der Waals surface area contributed by atoms with E-state index in [1.807, 2.05) is 24.3 Å². The number of piperazine rings is 1. The second-order valence-electron chi connectivity index (χ2n) is 5.73. The van der Waals surface area contributed by atoms with Gasteiger partial charge in [0.25, 0.3) is 0 Å². The summed E-state index contributed by atoms with van der Waals surface area (Å²) < 4.78 is 5.17. The molecule has 1 N–H and O–H groups in total. The van der Waals surface area contributed by atoms with Gasteiger partial charge in [0.05, 0.1) is 17.8 Å². The zero-order valence-electron chi connectivity index (χ0n) is 13.8. The van der Waals surface area contributed by atoms with E-state index >= 15 is 0 Å². The standard InChI is InChI=1S/C18H19Cl2N3O2/c1-25-15-4-2-3-14(12-15)21-18(24)23-9-7-22(8-10-23)17-11-13(19)5-6-16(17)20/h2-6,11-12H,7-10H2,1H3,(H,21,24). The fraction of sp³-hybridized carbons (Fsp3) is 0.278. The Kier molecular flexibility index (Phi) is 5.56. The number of halogens is 2. The number of carbonyl (C=O) groups is 1. The molecule has 1 aliphatic heterocycles. The second kappa shape index (κ2) is 7.85. The maximum atomic E-state index is 12.4.